The first-order valence-corrected chi connectivity index (χ1v) is 4.61. The molecule has 1 N–H and O–H groups in total. The molecule has 0 radical (unpaired) electrons. The second-order valence-corrected chi connectivity index (χ2v) is 3.91. The number of nitrogens with one attached hydrogen (secondary N) is 1. The minimum atomic E-state index is -4.03. The maximum absolute atomic E-state index is 12.8. The number of hydrogen-bond donors (Lipinski definition) is 1. The second kappa shape index (κ2) is 3.07. The van der Waals surface area contributed by atoms with E-state index in [4.69, 9.17) is 0 Å². The van der Waals surface area contributed by atoms with Crippen LogP contribution >= 0.6 is 0 Å². The number of halogens is 4. The smallest absolute Gasteiger partial charge is 0.323 e. The normalized spacial score (nSPS) is 34.4. The zero-order valence-electron chi connectivity index (χ0n) is 7.77. The second-order valence-electron chi connectivity index (χ2n) is 3.91. The van der Waals surface area contributed by atoms with E-state index >= 15 is 0 Å². The lowest BCUT2D eigenvalue weighted by molar-refractivity contribution is -0.172. The molecule has 86 valence electrons. The summed E-state index contributed by atoms with van der Waals surface area (Å²) in [5.74, 6) is -8.50. The summed E-state index contributed by atoms with van der Waals surface area (Å²) in [6.07, 6.45) is 0.311. The van der Waals surface area contributed by atoms with E-state index in [1.54, 1.807) is 0 Å². The van der Waals surface area contributed by atoms with Gasteiger partial charge in [0.2, 0.25) is 5.91 Å². The Kier molecular flexibility index (Phi) is 2.18. The summed E-state index contributed by atoms with van der Waals surface area (Å²) in [7, 11) is 0. The third-order valence-corrected chi connectivity index (χ3v) is 2.80. The third-order valence-electron chi connectivity index (χ3n) is 2.80. The van der Waals surface area contributed by atoms with Crippen molar-refractivity contribution >= 4 is 5.91 Å². The van der Waals surface area contributed by atoms with Crippen molar-refractivity contribution in [2.24, 2.45) is 0 Å². The van der Waals surface area contributed by atoms with Gasteiger partial charge < -0.3 is 5.32 Å². The largest absolute Gasteiger partial charge is 0.355 e. The van der Waals surface area contributed by atoms with Crippen LogP contribution in [0, 0.1) is 0 Å². The fraction of sp³-hybridized carbons (Fsp3) is 0.875. The van der Waals surface area contributed by atoms with Gasteiger partial charge in [0.05, 0.1) is 19.1 Å². The van der Waals surface area contributed by atoms with E-state index in [1.165, 1.54) is 0 Å². The van der Waals surface area contributed by atoms with Crippen molar-refractivity contribution in [1.29, 1.82) is 0 Å². The number of alkyl halides is 4. The third kappa shape index (κ3) is 1.58. The molecule has 0 aromatic carbocycles. The number of carbonyl (C=O) groups is 1. The van der Waals surface area contributed by atoms with Crippen molar-refractivity contribution < 1.29 is 22.4 Å². The Bertz CT molecular complexity index is 278. The minimum Gasteiger partial charge on any atom is -0.355 e. The molecule has 15 heavy (non-hydrogen) atoms. The van der Waals surface area contributed by atoms with Crippen molar-refractivity contribution in [1.82, 2.24) is 10.2 Å². The molecule has 0 aromatic rings. The summed E-state index contributed by atoms with van der Waals surface area (Å²) in [6, 6.07) is -0.829. The zero-order chi connectivity index (χ0) is 11.3. The Balaban J connectivity index is 2.12. The highest BCUT2D eigenvalue weighted by atomic mass is 19.3. The van der Waals surface area contributed by atoms with E-state index in [0.29, 0.717) is 13.0 Å². The van der Waals surface area contributed by atoms with Crippen LogP contribution in [0.3, 0.4) is 0 Å². The van der Waals surface area contributed by atoms with Crippen LogP contribution in [-0.2, 0) is 4.79 Å². The number of nitrogens with zero attached hydrogens (tertiary/aromatic N) is 1. The predicted octanol–water partition coefficient (Wildman–Crippen LogP) is 0.461. The summed E-state index contributed by atoms with van der Waals surface area (Å²) in [6.45, 7) is -1.73. The first-order valence-electron chi connectivity index (χ1n) is 4.61. The van der Waals surface area contributed by atoms with E-state index < -0.39 is 36.9 Å². The first-order chi connectivity index (χ1) is 6.83. The fourth-order valence-electron chi connectivity index (χ4n) is 1.95. The lowest BCUT2D eigenvalue weighted by Crippen LogP contribution is -2.40. The van der Waals surface area contributed by atoms with Gasteiger partial charge in [-0.3, -0.25) is 9.69 Å². The molecule has 0 aromatic heterocycles. The van der Waals surface area contributed by atoms with Crippen LogP contribution in [0.4, 0.5) is 17.6 Å². The van der Waals surface area contributed by atoms with Gasteiger partial charge in [-0.05, 0) is 6.42 Å². The van der Waals surface area contributed by atoms with Crippen LogP contribution in [-0.4, -0.2) is 48.3 Å². The number of carbonyl (C=O) groups excluding carboxylic acids is 1. The minimum absolute atomic E-state index is 0.311. The van der Waals surface area contributed by atoms with Crippen LogP contribution in [0.5, 0.6) is 0 Å². The van der Waals surface area contributed by atoms with E-state index in [0.717, 1.165) is 4.90 Å². The molecular weight excluding hydrogens is 216 g/mol. The molecule has 1 atom stereocenters. The van der Waals surface area contributed by atoms with Crippen LogP contribution in [0.1, 0.15) is 6.42 Å². The summed E-state index contributed by atoms with van der Waals surface area (Å²) < 4.78 is 51.3. The summed E-state index contributed by atoms with van der Waals surface area (Å²) in [4.78, 5) is 12.0. The molecular formula is C8H10F4N2O. The molecule has 2 heterocycles. The SMILES string of the molecule is O=C1NCC[C@H]1N1CC(F)(F)C(F)(F)C1. The summed E-state index contributed by atoms with van der Waals surface area (Å²) in [5.41, 5.74) is 0. The lowest BCUT2D eigenvalue weighted by Gasteiger charge is -2.19. The van der Waals surface area contributed by atoms with Gasteiger partial charge in [0, 0.05) is 6.54 Å². The van der Waals surface area contributed by atoms with Crippen LogP contribution in [0.2, 0.25) is 0 Å². The van der Waals surface area contributed by atoms with Gasteiger partial charge in [-0.2, -0.15) is 17.6 Å². The Morgan fingerprint density at radius 2 is 1.73 bits per heavy atom. The predicted molar refractivity (Wildman–Crippen MR) is 42.9 cm³/mol. The Morgan fingerprint density at radius 3 is 2.13 bits per heavy atom. The molecule has 2 aliphatic rings. The fourth-order valence-corrected chi connectivity index (χ4v) is 1.95. The van der Waals surface area contributed by atoms with Crippen molar-refractivity contribution in [3.63, 3.8) is 0 Å². The van der Waals surface area contributed by atoms with Crippen molar-refractivity contribution in [3.05, 3.63) is 0 Å². The molecule has 0 aliphatic carbocycles. The monoisotopic (exact) mass is 226 g/mol. The standard InChI is InChI=1S/C8H10F4N2O/c9-7(10)3-14(4-8(7,11)12)5-1-2-13-6(5)15/h5H,1-4H2,(H,13,15)/t5-/m1/s1. The van der Waals surface area contributed by atoms with Crippen LogP contribution < -0.4 is 5.32 Å². The molecule has 1 amide bonds. The van der Waals surface area contributed by atoms with Gasteiger partial charge in [0.1, 0.15) is 0 Å². The lowest BCUT2D eigenvalue weighted by atomic mass is 10.2. The molecule has 2 rings (SSSR count). The van der Waals surface area contributed by atoms with Gasteiger partial charge in [-0.1, -0.05) is 0 Å². The van der Waals surface area contributed by atoms with Gasteiger partial charge >= 0.3 is 11.8 Å². The Hall–Kier alpha value is -0.850. The quantitative estimate of drug-likeness (QED) is 0.659. The molecule has 3 nitrogen and oxygen atoms in total. The van der Waals surface area contributed by atoms with E-state index in [-0.39, 0.29) is 0 Å². The molecule has 0 spiro atoms. The van der Waals surface area contributed by atoms with Gasteiger partial charge in [0.25, 0.3) is 0 Å². The molecule has 7 heteroatoms. The topological polar surface area (TPSA) is 32.3 Å². The summed E-state index contributed by atoms with van der Waals surface area (Å²) in [5, 5.41) is 2.43. The highest BCUT2D eigenvalue weighted by Crippen LogP contribution is 2.42. The van der Waals surface area contributed by atoms with Crippen molar-refractivity contribution in [2.45, 2.75) is 24.3 Å². The molecule has 2 saturated heterocycles. The van der Waals surface area contributed by atoms with E-state index in [9.17, 15) is 22.4 Å². The van der Waals surface area contributed by atoms with Crippen LogP contribution in [0.15, 0.2) is 0 Å². The van der Waals surface area contributed by atoms with Crippen molar-refractivity contribution in [3.8, 4) is 0 Å². The number of likely N-dealkylation sites (tertiary alicyclic amines) is 1. The average Bonchev–Trinajstić information content (AvgIpc) is 2.55. The number of hydrogen-bond acceptors (Lipinski definition) is 2. The maximum Gasteiger partial charge on any atom is 0.323 e. The highest BCUT2D eigenvalue weighted by molar-refractivity contribution is 5.83. The van der Waals surface area contributed by atoms with Gasteiger partial charge in [-0.15, -0.1) is 0 Å². The Morgan fingerprint density at radius 1 is 1.20 bits per heavy atom. The molecule has 2 aliphatic heterocycles. The van der Waals surface area contributed by atoms with Crippen LogP contribution in [0.25, 0.3) is 0 Å². The van der Waals surface area contributed by atoms with Gasteiger partial charge in [-0.25, -0.2) is 0 Å². The molecule has 0 unspecified atom stereocenters. The number of rotatable bonds is 1. The van der Waals surface area contributed by atoms with Crippen molar-refractivity contribution in [2.75, 3.05) is 19.6 Å². The zero-order valence-corrected chi connectivity index (χ0v) is 7.77. The highest BCUT2D eigenvalue weighted by Gasteiger charge is 2.64. The van der Waals surface area contributed by atoms with E-state index in [2.05, 4.69) is 5.32 Å². The molecule has 2 fully saturated rings. The maximum atomic E-state index is 12.8. The average molecular weight is 226 g/mol. The Labute approximate surface area is 83.4 Å². The van der Waals surface area contributed by atoms with E-state index in [1.807, 2.05) is 0 Å². The first kappa shape index (κ1) is 10.7. The summed E-state index contributed by atoms with van der Waals surface area (Å²) >= 11 is 0. The van der Waals surface area contributed by atoms with Gasteiger partial charge in [0.15, 0.2) is 0 Å². The molecule has 0 saturated carbocycles. The number of amides is 1. The molecule has 0 bridgehead atoms.